The lowest BCUT2D eigenvalue weighted by atomic mass is 10.1. The van der Waals surface area contributed by atoms with Crippen molar-refractivity contribution in [2.75, 3.05) is 14.2 Å². The van der Waals surface area contributed by atoms with Crippen molar-refractivity contribution >= 4 is 45.3 Å². The van der Waals surface area contributed by atoms with Crippen LogP contribution in [-0.4, -0.2) is 72.5 Å². The number of esters is 2. The highest BCUT2D eigenvalue weighted by atomic mass is 33.1. The third kappa shape index (κ3) is 7.72. The third-order valence-electron chi connectivity index (χ3n) is 4.93. The zero-order valence-corrected chi connectivity index (χ0v) is 21.7. The Hall–Kier alpha value is -3.06. The first kappa shape index (κ1) is 29.2. The van der Waals surface area contributed by atoms with Gasteiger partial charge in [0.2, 0.25) is 0 Å². The van der Waals surface area contributed by atoms with Crippen LogP contribution in [-0.2, 0) is 19.1 Å². The summed E-state index contributed by atoms with van der Waals surface area (Å²) < 4.78 is 9.28. The van der Waals surface area contributed by atoms with Gasteiger partial charge in [-0.2, -0.15) is 0 Å². The first-order chi connectivity index (χ1) is 17.1. The van der Waals surface area contributed by atoms with Crippen molar-refractivity contribution in [2.45, 2.75) is 47.9 Å². The number of ether oxygens (including phenoxy) is 2. The number of carbonyl (C=O) groups excluding carboxylic acids is 4. The largest absolute Gasteiger partial charge is 0.467 e. The maximum absolute atomic E-state index is 12.9. The van der Waals surface area contributed by atoms with E-state index in [0.717, 1.165) is 14.2 Å². The Morgan fingerprint density at radius 2 is 1.03 bits per heavy atom. The molecule has 0 radical (unpaired) electrons. The van der Waals surface area contributed by atoms with Crippen LogP contribution in [0.5, 0.6) is 0 Å². The molecular formula is C24H28N2O8S2. The zero-order chi connectivity index (χ0) is 26.8. The molecule has 0 spiro atoms. The highest BCUT2D eigenvalue weighted by Crippen LogP contribution is 2.40. The van der Waals surface area contributed by atoms with Crippen LogP contribution in [0.4, 0.5) is 0 Å². The molecule has 0 aliphatic rings. The van der Waals surface area contributed by atoms with Crippen LogP contribution in [0.15, 0.2) is 58.3 Å². The predicted molar refractivity (Wildman–Crippen MR) is 135 cm³/mol. The number of amides is 2. The standard InChI is InChI=1S/C24H28N2O8S2/c1-13(27)19(23(31)33-3)25-21(29)15-9-5-7-11-17(15)35-36-18-12-8-6-10-16(18)22(30)26-20(14(2)28)24(32)34-4/h5-14,19-20,27-28H,1-4H3,(H,25,29)(H,26,30)/t13-,14-,19-,20-/m0/s1. The molecule has 0 bridgehead atoms. The number of aliphatic hydroxyl groups excluding tert-OH is 2. The van der Waals surface area contributed by atoms with Gasteiger partial charge >= 0.3 is 11.9 Å². The van der Waals surface area contributed by atoms with Crippen LogP contribution in [0.25, 0.3) is 0 Å². The van der Waals surface area contributed by atoms with Crippen molar-refractivity contribution in [1.29, 1.82) is 0 Å². The third-order valence-corrected chi connectivity index (χ3v) is 7.41. The van der Waals surface area contributed by atoms with Crippen LogP contribution in [0.2, 0.25) is 0 Å². The molecule has 2 rings (SSSR count). The number of carbonyl (C=O) groups is 4. The fourth-order valence-electron chi connectivity index (χ4n) is 2.99. The molecule has 12 heteroatoms. The number of hydrogen-bond acceptors (Lipinski definition) is 10. The Balaban J connectivity index is 2.22. The molecule has 36 heavy (non-hydrogen) atoms. The van der Waals surface area contributed by atoms with Crippen LogP contribution < -0.4 is 10.6 Å². The Morgan fingerprint density at radius 3 is 1.33 bits per heavy atom. The molecule has 2 amide bonds. The molecule has 2 aromatic carbocycles. The minimum Gasteiger partial charge on any atom is -0.467 e. The molecular weight excluding hydrogens is 508 g/mol. The minimum atomic E-state index is -1.24. The van der Waals surface area contributed by atoms with Crippen LogP contribution >= 0.6 is 21.6 Å². The Bertz CT molecular complexity index is 1010. The van der Waals surface area contributed by atoms with Gasteiger partial charge in [-0.15, -0.1) is 0 Å². The number of methoxy groups -OCH3 is 2. The highest BCUT2D eigenvalue weighted by Gasteiger charge is 2.29. The second-order valence-corrected chi connectivity index (χ2v) is 9.80. The minimum absolute atomic E-state index is 0.256. The smallest absolute Gasteiger partial charge is 0.331 e. The maximum Gasteiger partial charge on any atom is 0.331 e. The van der Waals surface area contributed by atoms with Crippen molar-refractivity contribution in [1.82, 2.24) is 10.6 Å². The fraction of sp³-hybridized carbons (Fsp3) is 0.333. The molecule has 0 aliphatic heterocycles. The van der Waals surface area contributed by atoms with Gasteiger partial charge in [0.15, 0.2) is 12.1 Å². The number of nitrogens with one attached hydrogen (secondary N) is 2. The molecule has 0 unspecified atom stereocenters. The van der Waals surface area contributed by atoms with E-state index in [2.05, 4.69) is 20.1 Å². The van der Waals surface area contributed by atoms with E-state index in [1.54, 1.807) is 48.5 Å². The normalized spacial score (nSPS) is 14.1. The maximum atomic E-state index is 12.9. The molecule has 194 valence electrons. The van der Waals surface area contributed by atoms with E-state index >= 15 is 0 Å². The van der Waals surface area contributed by atoms with Crippen molar-refractivity contribution < 1.29 is 38.9 Å². The van der Waals surface area contributed by atoms with Gasteiger partial charge in [0.1, 0.15) is 0 Å². The summed E-state index contributed by atoms with van der Waals surface area (Å²) in [7, 11) is 4.72. The van der Waals surface area contributed by atoms with E-state index in [-0.39, 0.29) is 11.1 Å². The van der Waals surface area contributed by atoms with Gasteiger partial charge in [0.05, 0.1) is 37.6 Å². The summed E-state index contributed by atoms with van der Waals surface area (Å²) in [6, 6.07) is 10.8. The summed E-state index contributed by atoms with van der Waals surface area (Å²) in [5.41, 5.74) is 0.512. The second kappa shape index (κ2) is 13.9. The highest BCUT2D eigenvalue weighted by molar-refractivity contribution is 8.76. The Morgan fingerprint density at radius 1 is 0.694 bits per heavy atom. The summed E-state index contributed by atoms with van der Waals surface area (Å²) in [5, 5.41) is 24.7. The quantitative estimate of drug-likeness (QED) is 0.247. The lowest BCUT2D eigenvalue weighted by Gasteiger charge is -2.20. The van der Waals surface area contributed by atoms with Crippen molar-refractivity contribution in [2.24, 2.45) is 0 Å². The lowest BCUT2D eigenvalue weighted by molar-refractivity contribution is -0.146. The van der Waals surface area contributed by atoms with Gasteiger partial charge in [-0.25, -0.2) is 9.59 Å². The van der Waals surface area contributed by atoms with Crippen LogP contribution in [0, 0.1) is 0 Å². The van der Waals surface area contributed by atoms with Crippen molar-refractivity contribution in [3.05, 3.63) is 59.7 Å². The van der Waals surface area contributed by atoms with Crippen LogP contribution in [0.1, 0.15) is 34.6 Å². The Labute approximate surface area is 216 Å². The topological polar surface area (TPSA) is 151 Å². The first-order valence-electron chi connectivity index (χ1n) is 10.8. The molecule has 0 fully saturated rings. The van der Waals surface area contributed by atoms with Crippen LogP contribution in [0.3, 0.4) is 0 Å². The van der Waals surface area contributed by atoms with Gasteiger partial charge in [-0.1, -0.05) is 45.9 Å². The lowest BCUT2D eigenvalue weighted by Crippen LogP contribution is -2.48. The summed E-state index contributed by atoms with van der Waals surface area (Å²) in [6.45, 7) is 2.73. The van der Waals surface area contributed by atoms with Gasteiger partial charge in [-0.3, -0.25) is 9.59 Å². The average Bonchev–Trinajstić information content (AvgIpc) is 2.87. The second-order valence-electron chi connectivity index (χ2n) is 7.59. The first-order valence-corrected chi connectivity index (χ1v) is 12.9. The molecule has 2 aromatic rings. The van der Waals surface area contributed by atoms with Gasteiger partial charge in [0, 0.05) is 9.79 Å². The summed E-state index contributed by atoms with van der Waals surface area (Å²) in [6.07, 6.45) is -2.34. The number of rotatable bonds is 11. The summed E-state index contributed by atoms with van der Waals surface area (Å²) in [4.78, 5) is 50.7. The SMILES string of the molecule is COC(=O)[C@@H](NC(=O)c1ccccc1SSc1ccccc1C(=O)N[C@H](C(=O)OC)[C@H](C)O)[C@H](C)O. The monoisotopic (exact) mass is 536 g/mol. The molecule has 4 N–H and O–H groups in total. The van der Waals surface area contributed by atoms with E-state index in [9.17, 15) is 29.4 Å². The summed E-state index contributed by atoms with van der Waals surface area (Å²) >= 11 is 0. The number of aliphatic hydroxyl groups is 2. The summed E-state index contributed by atoms with van der Waals surface area (Å²) in [5.74, 6) is -2.72. The zero-order valence-electron chi connectivity index (χ0n) is 20.1. The van der Waals surface area contributed by atoms with Gasteiger partial charge in [0.25, 0.3) is 11.8 Å². The average molecular weight is 537 g/mol. The van der Waals surface area contributed by atoms with E-state index < -0.39 is 48.0 Å². The van der Waals surface area contributed by atoms with Crippen molar-refractivity contribution in [3.8, 4) is 0 Å². The van der Waals surface area contributed by atoms with Gasteiger partial charge in [-0.05, 0) is 38.1 Å². The molecule has 0 aromatic heterocycles. The van der Waals surface area contributed by atoms with E-state index in [1.807, 2.05) is 0 Å². The van der Waals surface area contributed by atoms with E-state index in [1.165, 1.54) is 35.4 Å². The fourth-order valence-corrected chi connectivity index (χ4v) is 5.35. The number of benzene rings is 2. The molecule has 0 aliphatic carbocycles. The molecule has 4 atom stereocenters. The Kier molecular flexibility index (Phi) is 11.2. The molecule has 10 nitrogen and oxygen atoms in total. The predicted octanol–water partition coefficient (Wildman–Crippen LogP) is 1.79. The molecule has 0 heterocycles. The van der Waals surface area contributed by atoms with Crippen molar-refractivity contribution in [3.63, 3.8) is 0 Å². The van der Waals surface area contributed by atoms with E-state index in [0.29, 0.717) is 9.79 Å². The molecule has 0 saturated carbocycles. The number of hydrogen-bond donors (Lipinski definition) is 4. The molecule has 0 saturated heterocycles. The van der Waals surface area contributed by atoms with Gasteiger partial charge < -0.3 is 30.3 Å². The van der Waals surface area contributed by atoms with E-state index in [4.69, 9.17) is 0 Å².